The maximum Gasteiger partial charge on any atom is 0.280 e. The molecule has 0 aliphatic heterocycles. The summed E-state index contributed by atoms with van der Waals surface area (Å²) in [6.45, 7) is 1.68. The number of ether oxygens (including phenoxy) is 1. The molecule has 4 nitrogen and oxygen atoms in total. The monoisotopic (exact) mass is 472 g/mol. The minimum Gasteiger partial charge on any atom is -0.481 e. The smallest absolute Gasteiger partial charge is 0.280 e. The summed E-state index contributed by atoms with van der Waals surface area (Å²) in [5.41, 5.74) is 3.40. The topological polar surface area (TPSA) is 50.7 Å². The number of carbonyl (C=O) groups is 1. The van der Waals surface area contributed by atoms with Crippen LogP contribution in [0.15, 0.2) is 58.1 Å². The van der Waals surface area contributed by atoms with Crippen molar-refractivity contribution in [1.82, 2.24) is 5.43 Å². The number of nitrogens with zero attached hydrogens (tertiary/aromatic N) is 1. The molecule has 1 amide bonds. The largest absolute Gasteiger partial charge is 0.481 e. The van der Waals surface area contributed by atoms with Crippen LogP contribution < -0.4 is 10.2 Å². The van der Waals surface area contributed by atoms with Gasteiger partial charge in [0.15, 0.2) is 6.10 Å². The highest BCUT2D eigenvalue weighted by atomic mass is 127. The van der Waals surface area contributed by atoms with Gasteiger partial charge in [-0.25, -0.2) is 5.43 Å². The van der Waals surface area contributed by atoms with Crippen LogP contribution in [0.4, 0.5) is 0 Å². The average molecular weight is 473 g/mol. The van der Waals surface area contributed by atoms with E-state index in [4.69, 9.17) is 4.74 Å². The zero-order valence-electron chi connectivity index (χ0n) is 11.8. The van der Waals surface area contributed by atoms with Gasteiger partial charge in [-0.3, -0.25) is 4.79 Å². The number of nitrogens with one attached hydrogen (secondary N) is 1. The van der Waals surface area contributed by atoms with Gasteiger partial charge in [0.25, 0.3) is 5.91 Å². The first-order valence-electron chi connectivity index (χ1n) is 6.55. The van der Waals surface area contributed by atoms with Crippen LogP contribution in [0.5, 0.6) is 5.75 Å². The first kappa shape index (κ1) is 17.0. The Kier molecular flexibility index (Phi) is 6.38. The van der Waals surface area contributed by atoms with E-state index >= 15 is 0 Å². The molecule has 0 spiro atoms. The first-order valence-corrected chi connectivity index (χ1v) is 8.42. The molecule has 2 aromatic rings. The van der Waals surface area contributed by atoms with E-state index in [9.17, 15) is 4.79 Å². The number of rotatable bonds is 5. The van der Waals surface area contributed by atoms with Gasteiger partial charge in [0, 0.05) is 8.04 Å². The third kappa shape index (κ3) is 5.42. The Balaban J connectivity index is 1.87. The van der Waals surface area contributed by atoms with Gasteiger partial charge in [-0.2, -0.15) is 5.10 Å². The second kappa shape index (κ2) is 8.28. The summed E-state index contributed by atoms with van der Waals surface area (Å²) in [5, 5.41) is 3.94. The molecular formula is C16H14BrIN2O2. The van der Waals surface area contributed by atoms with E-state index in [2.05, 4.69) is 49.0 Å². The molecule has 0 aromatic heterocycles. The average Bonchev–Trinajstić information content (AvgIpc) is 2.49. The maximum atomic E-state index is 11.9. The molecule has 0 saturated heterocycles. The lowest BCUT2D eigenvalue weighted by Crippen LogP contribution is -2.33. The van der Waals surface area contributed by atoms with Crippen LogP contribution in [0.25, 0.3) is 0 Å². The van der Waals surface area contributed by atoms with Crippen LogP contribution in [0, 0.1) is 3.57 Å². The number of benzene rings is 2. The van der Waals surface area contributed by atoms with E-state index in [0.29, 0.717) is 5.75 Å². The second-order valence-electron chi connectivity index (χ2n) is 4.50. The standard InChI is InChI=1S/C16H14BrIN2O2/c1-11(22-15-7-5-13(17)6-8-15)16(21)20-19-10-12-3-2-4-14(18)9-12/h2-11H,1H3,(H,20,21)/b19-10-/t11-/m0/s1. The van der Waals surface area contributed by atoms with Crippen molar-refractivity contribution in [2.45, 2.75) is 13.0 Å². The first-order chi connectivity index (χ1) is 10.5. The van der Waals surface area contributed by atoms with E-state index in [1.54, 1.807) is 25.3 Å². The van der Waals surface area contributed by atoms with Crippen molar-refractivity contribution >= 4 is 50.6 Å². The van der Waals surface area contributed by atoms with Crippen LogP contribution >= 0.6 is 38.5 Å². The van der Waals surface area contributed by atoms with Crippen LogP contribution in [0.2, 0.25) is 0 Å². The van der Waals surface area contributed by atoms with Crippen molar-refractivity contribution in [2.75, 3.05) is 0 Å². The molecule has 6 heteroatoms. The Morgan fingerprint density at radius 1 is 1.32 bits per heavy atom. The summed E-state index contributed by atoms with van der Waals surface area (Å²) >= 11 is 5.57. The summed E-state index contributed by atoms with van der Waals surface area (Å²) in [6.07, 6.45) is 0.973. The SMILES string of the molecule is C[C@H](Oc1ccc(Br)cc1)C(=O)N/N=C\c1cccc(I)c1. The predicted molar refractivity (Wildman–Crippen MR) is 99.1 cm³/mol. The van der Waals surface area contributed by atoms with E-state index in [0.717, 1.165) is 13.6 Å². The summed E-state index contributed by atoms with van der Waals surface area (Å²) < 4.78 is 7.61. The normalized spacial score (nSPS) is 12.1. The Morgan fingerprint density at radius 2 is 2.05 bits per heavy atom. The predicted octanol–water partition coefficient (Wildman–Crippen LogP) is 3.97. The lowest BCUT2D eigenvalue weighted by atomic mass is 10.2. The fourth-order valence-electron chi connectivity index (χ4n) is 1.62. The number of hydrogen-bond donors (Lipinski definition) is 1. The molecule has 0 unspecified atom stereocenters. The number of carbonyl (C=O) groups excluding carboxylic acids is 1. The van der Waals surface area contributed by atoms with Crippen molar-refractivity contribution in [3.63, 3.8) is 0 Å². The number of amides is 1. The summed E-state index contributed by atoms with van der Waals surface area (Å²) in [6, 6.07) is 15.1. The van der Waals surface area contributed by atoms with Crippen LogP contribution in [0.1, 0.15) is 12.5 Å². The Bertz CT molecular complexity index is 674. The zero-order chi connectivity index (χ0) is 15.9. The summed E-state index contributed by atoms with van der Waals surface area (Å²) in [4.78, 5) is 11.9. The zero-order valence-corrected chi connectivity index (χ0v) is 15.5. The molecule has 2 aromatic carbocycles. The molecule has 1 N–H and O–H groups in total. The molecule has 114 valence electrons. The highest BCUT2D eigenvalue weighted by molar-refractivity contribution is 14.1. The fraction of sp³-hybridized carbons (Fsp3) is 0.125. The van der Waals surface area contributed by atoms with E-state index in [-0.39, 0.29) is 5.91 Å². The Hall–Kier alpha value is -1.41. The molecule has 0 aliphatic rings. The number of halogens is 2. The molecule has 1 atom stereocenters. The Morgan fingerprint density at radius 3 is 2.73 bits per heavy atom. The van der Waals surface area contributed by atoms with Gasteiger partial charge in [-0.15, -0.1) is 0 Å². The van der Waals surface area contributed by atoms with Gasteiger partial charge in [0.1, 0.15) is 5.75 Å². The summed E-state index contributed by atoms with van der Waals surface area (Å²) in [7, 11) is 0. The van der Waals surface area contributed by atoms with Crippen molar-refractivity contribution in [1.29, 1.82) is 0 Å². The van der Waals surface area contributed by atoms with Crippen molar-refractivity contribution in [3.8, 4) is 5.75 Å². The van der Waals surface area contributed by atoms with E-state index in [1.165, 1.54) is 0 Å². The fourth-order valence-corrected chi connectivity index (χ4v) is 2.45. The molecule has 0 fully saturated rings. The van der Waals surface area contributed by atoms with Gasteiger partial charge >= 0.3 is 0 Å². The maximum absolute atomic E-state index is 11.9. The molecule has 2 rings (SSSR count). The van der Waals surface area contributed by atoms with E-state index in [1.807, 2.05) is 36.4 Å². The third-order valence-corrected chi connectivity index (χ3v) is 3.93. The van der Waals surface area contributed by atoms with E-state index < -0.39 is 6.10 Å². The highest BCUT2D eigenvalue weighted by Crippen LogP contribution is 2.17. The van der Waals surface area contributed by atoms with Crippen LogP contribution in [0.3, 0.4) is 0 Å². The molecule has 0 heterocycles. The minimum atomic E-state index is -0.630. The van der Waals surface area contributed by atoms with Crippen LogP contribution in [-0.4, -0.2) is 18.2 Å². The van der Waals surface area contributed by atoms with Gasteiger partial charge < -0.3 is 4.74 Å². The molecule has 0 aliphatic carbocycles. The van der Waals surface area contributed by atoms with Crippen LogP contribution in [-0.2, 0) is 4.79 Å². The van der Waals surface area contributed by atoms with Crippen molar-refractivity contribution in [3.05, 3.63) is 62.1 Å². The Labute approximate surface area is 151 Å². The molecule has 0 bridgehead atoms. The molecular weight excluding hydrogens is 459 g/mol. The van der Waals surface area contributed by atoms with Gasteiger partial charge in [0.2, 0.25) is 0 Å². The highest BCUT2D eigenvalue weighted by Gasteiger charge is 2.13. The number of hydrazone groups is 1. The lowest BCUT2D eigenvalue weighted by Gasteiger charge is -2.12. The van der Waals surface area contributed by atoms with Gasteiger partial charge in [-0.1, -0.05) is 28.1 Å². The van der Waals surface area contributed by atoms with Crippen molar-refractivity contribution < 1.29 is 9.53 Å². The molecule has 22 heavy (non-hydrogen) atoms. The van der Waals surface area contributed by atoms with Crippen molar-refractivity contribution in [2.24, 2.45) is 5.10 Å². The van der Waals surface area contributed by atoms with Gasteiger partial charge in [0.05, 0.1) is 6.21 Å². The molecule has 0 saturated carbocycles. The summed E-state index contributed by atoms with van der Waals surface area (Å²) in [5.74, 6) is 0.331. The minimum absolute atomic E-state index is 0.301. The quantitative estimate of drug-likeness (QED) is 0.406. The third-order valence-electron chi connectivity index (χ3n) is 2.73. The number of hydrogen-bond acceptors (Lipinski definition) is 3. The van der Waals surface area contributed by atoms with Gasteiger partial charge in [-0.05, 0) is 71.5 Å². The molecule has 0 radical (unpaired) electrons. The lowest BCUT2D eigenvalue weighted by molar-refractivity contribution is -0.127. The second-order valence-corrected chi connectivity index (χ2v) is 6.66.